The van der Waals surface area contributed by atoms with E-state index in [1.165, 1.54) is 12.4 Å². The summed E-state index contributed by atoms with van der Waals surface area (Å²) >= 11 is 0. The molecule has 1 aromatic carbocycles. The number of rotatable bonds is 9. The number of ether oxygens (including phenoxy) is 2. The third kappa shape index (κ3) is 6.08. The van der Waals surface area contributed by atoms with Gasteiger partial charge in [0, 0.05) is 43.3 Å². The first-order valence-electron chi connectivity index (χ1n) is 11.2. The van der Waals surface area contributed by atoms with Crippen LogP contribution in [0.3, 0.4) is 0 Å². The first-order chi connectivity index (χ1) is 16.5. The first kappa shape index (κ1) is 23.6. The van der Waals surface area contributed by atoms with Crippen LogP contribution < -0.4 is 15.4 Å². The van der Waals surface area contributed by atoms with Crippen molar-refractivity contribution < 1.29 is 9.47 Å². The van der Waals surface area contributed by atoms with Crippen LogP contribution in [0.2, 0.25) is 0 Å². The van der Waals surface area contributed by atoms with Crippen LogP contribution in [0, 0.1) is 11.3 Å². The van der Waals surface area contributed by atoms with Gasteiger partial charge in [-0.2, -0.15) is 10.4 Å². The number of H-pyrrole nitrogens is 1. The molecule has 1 saturated heterocycles. The van der Waals surface area contributed by atoms with Crippen LogP contribution in [0.15, 0.2) is 36.7 Å². The van der Waals surface area contributed by atoms with Gasteiger partial charge in [0.15, 0.2) is 11.5 Å². The predicted molar refractivity (Wildman–Crippen MR) is 129 cm³/mol. The van der Waals surface area contributed by atoms with E-state index in [1.807, 2.05) is 24.3 Å². The molecule has 0 bridgehead atoms. The molecule has 2 aromatic heterocycles. The molecular weight excluding hydrogens is 432 g/mol. The molecule has 0 amide bonds. The van der Waals surface area contributed by atoms with Gasteiger partial charge in [-0.25, -0.2) is 9.97 Å². The Morgan fingerprint density at radius 3 is 2.71 bits per heavy atom. The van der Waals surface area contributed by atoms with Crippen molar-refractivity contribution in [3.63, 3.8) is 0 Å². The van der Waals surface area contributed by atoms with Crippen molar-refractivity contribution in [1.82, 2.24) is 30.4 Å². The minimum atomic E-state index is -0.0263. The summed E-state index contributed by atoms with van der Waals surface area (Å²) in [4.78, 5) is 10.6. The van der Waals surface area contributed by atoms with E-state index in [0.29, 0.717) is 11.6 Å². The highest BCUT2D eigenvalue weighted by atomic mass is 16.5. The quantitative estimate of drug-likeness (QED) is 0.440. The highest BCUT2D eigenvalue weighted by molar-refractivity contribution is 5.71. The number of anilines is 2. The summed E-state index contributed by atoms with van der Waals surface area (Å²) in [6.45, 7) is 9.73. The Hall–Kier alpha value is -3.52. The SMILES string of the molecule is COc1cc(CNC(C)(C)CN2CCOCC2)ccc1-c1cc(Nc2cnc(C#N)cn2)n[nH]1. The van der Waals surface area contributed by atoms with Crippen LogP contribution in [0.5, 0.6) is 5.75 Å². The van der Waals surface area contributed by atoms with Crippen LogP contribution >= 0.6 is 0 Å². The fourth-order valence-corrected chi connectivity index (χ4v) is 3.89. The van der Waals surface area contributed by atoms with Gasteiger partial charge in [-0.1, -0.05) is 6.07 Å². The molecule has 0 unspecified atom stereocenters. The summed E-state index contributed by atoms with van der Waals surface area (Å²) in [5.41, 5.74) is 3.10. The number of aromatic amines is 1. The Balaban J connectivity index is 1.40. The van der Waals surface area contributed by atoms with Gasteiger partial charge in [0.25, 0.3) is 0 Å². The Kier molecular flexibility index (Phi) is 7.37. The van der Waals surface area contributed by atoms with Crippen LogP contribution in [0.25, 0.3) is 11.3 Å². The molecular formula is C24H30N8O2. The van der Waals surface area contributed by atoms with Gasteiger partial charge >= 0.3 is 0 Å². The molecule has 0 aliphatic carbocycles. The normalized spacial score (nSPS) is 14.5. The molecule has 1 aliphatic heterocycles. The average Bonchev–Trinajstić information content (AvgIpc) is 3.31. The number of aromatic nitrogens is 4. The Bertz CT molecular complexity index is 1130. The van der Waals surface area contributed by atoms with Crippen LogP contribution in [-0.4, -0.2) is 70.6 Å². The molecule has 10 heteroatoms. The molecule has 0 radical (unpaired) electrons. The lowest BCUT2D eigenvalue weighted by atomic mass is 10.0. The third-order valence-electron chi connectivity index (χ3n) is 5.65. The van der Waals surface area contributed by atoms with Crippen molar-refractivity contribution in [2.75, 3.05) is 45.3 Å². The number of nitrogens with one attached hydrogen (secondary N) is 3. The summed E-state index contributed by atoms with van der Waals surface area (Å²) in [7, 11) is 1.67. The van der Waals surface area contributed by atoms with Crippen molar-refractivity contribution >= 4 is 11.6 Å². The molecule has 4 rings (SSSR count). The van der Waals surface area contributed by atoms with Crippen LogP contribution in [-0.2, 0) is 11.3 Å². The summed E-state index contributed by atoms with van der Waals surface area (Å²) < 4.78 is 11.1. The van der Waals surface area contributed by atoms with E-state index in [1.54, 1.807) is 7.11 Å². The molecule has 0 saturated carbocycles. The second kappa shape index (κ2) is 10.6. The first-order valence-corrected chi connectivity index (χ1v) is 11.2. The van der Waals surface area contributed by atoms with Crippen molar-refractivity contribution in [2.24, 2.45) is 0 Å². The average molecular weight is 463 g/mol. The summed E-state index contributed by atoms with van der Waals surface area (Å²) in [5, 5.41) is 22.9. The fourth-order valence-electron chi connectivity index (χ4n) is 3.89. The van der Waals surface area contributed by atoms with Crippen LogP contribution in [0.1, 0.15) is 25.1 Å². The molecule has 10 nitrogen and oxygen atoms in total. The highest BCUT2D eigenvalue weighted by Gasteiger charge is 2.23. The fraction of sp³-hybridized carbons (Fsp3) is 0.417. The van der Waals surface area contributed by atoms with Crippen LogP contribution in [0.4, 0.5) is 11.6 Å². The molecule has 3 aromatic rings. The minimum absolute atomic E-state index is 0.0263. The molecule has 3 N–H and O–H groups in total. The standard InChI is InChI=1S/C24H30N8O2/c1-24(2,16-32-6-8-34-9-7-32)28-13-17-4-5-19(21(10-17)33-3)20-11-22(31-30-20)29-23-15-26-18(12-25)14-27-23/h4-5,10-11,14-15,28H,6-9,13,16H2,1-3H3,(H2,27,29,30,31). The van der Waals surface area contributed by atoms with E-state index in [-0.39, 0.29) is 11.2 Å². The Labute approximate surface area is 199 Å². The van der Waals surface area contributed by atoms with Gasteiger partial charge in [0.2, 0.25) is 0 Å². The van der Waals surface area contributed by atoms with Gasteiger partial charge in [-0.05, 0) is 31.5 Å². The van der Waals surface area contributed by atoms with Crippen molar-refractivity contribution in [3.05, 3.63) is 47.9 Å². The largest absolute Gasteiger partial charge is 0.496 e. The van der Waals surface area contributed by atoms with Crippen molar-refractivity contribution in [2.45, 2.75) is 25.9 Å². The summed E-state index contributed by atoms with van der Waals surface area (Å²) in [5.74, 6) is 1.86. The lowest BCUT2D eigenvalue weighted by molar-refractivity contribution is 0.0269. The Morgan fingerprint density at radius 2 is 2.00 bits per heavy atom. The minimum Gasteiger partial charge on any atom is -0.496 e. The molecule has 1 fully saturated rings. The number of hydrogen-bond donors (Lipinski definition) is 3. The summed E-state index contributed by atoms with van der Waals surface area (Å²) in [6.07, 6.45) is 2.91. The number of nitrogens with zero attached hydrogens (tertiary/aromatic N) is 5. The molecule has 0 atom stereocenters. The van der Waals surface area contributed by atoms with Crippen molar-refractivity contribution in [1.29, 1.82) is 5.26 Å². The zero-order valence-corrected chi connectivity index (χ0v) is 19.8. The van der Waals surface area contributed by atoms with E-state index in [4.69, 9.17) is 14.7 Å². The zero-order chi connectivity index (χ0) is 24.0. The number of hydrogen-bond acceptors (Lipinski definition) is 9. The topological polar surface area (TPSA) is 124 Å². The lowest BCUT2D eigenvalue weighted by Gasteiger charge is -2.35. The maximum absolute atomic E-state index is 8.84. The molecule has 0 spiro atoms. The number of nitriles is 1. The maximum Gasteiger partial charge on any atom is 0.158 e. The van der Waals surface area contributed by atoms with Gasteiger partial charge in [0.05, 0.1) is 38.4 Å². The van der Waals surface area contributed by atoms with E-state index in [9.17, 15) is 0 Å². The second-order valence-corrected chi connectivity index (χ2v) is 8.85. The highest BCUT2D eigenvalue weighted by Crippen LogP contribution is 2.31. The monoisotopic (exact) mass is 462 g/mol. The molecule has 34 heavy (non-hydrogen) atoms. The van der Waals surface area contributed by atoms with Gasteiger partial charge < -0.3 is 20.1 Å². The zero-order valence-electron chi connectivity index (χ0n) is 19.8. The smallest absolute Gasteiger partial charge is 0.158 e. The maximum atomic E-state index is 8.84. The van der Waals surface area contributed by atoms with E-state index < -0.39 is 0 Å². The Morgan fingerprint density at radius 1 is 1.18 bits per heavy atom. The second-order valence-electron chi connectivity index (χ2n) is 8.85. The van der Waals surface area contributed by atoms with E-state index in [0.717, 1.165) is 62.0 Å². The van der Waals surface area contributed by atoms with E-state index >= 15 is 0 Å². The summed E-state index contributed by atoms with van der Waals surface area (Å²) in [6, 6.07) is 10.00. The third-order valence-corrected chi connectivity index (χ3v) is 5.65. The number of morpholine rings is 1. The van der Waals surface area contributed by atoms with Gasteiger partial charge in [-0.3, -0.25) is 10.00 Å². The van der Waals surface area contributed by atoms with E-state index in [2.05, 4.69) is 55.6 Å². The number of benzene rings is 1. The molecule has 3 heterocycles. The number of methoxy groups -OCH3 is 1. The molecule has 178 valence electrons. The molecule has 1 aliphatic rings. The predicted octanol–water partition coefficient (Wildman–Crippen LogP) is 2.69. The van der Waals surface area contributed by atoms with Gasteiger partial charge in [0.1, 0.15) is 17.6 Å². The van der Waals surface area contributed by atoms with Gasteiger partial charge in [-0.15, -0.1) is 0 Å². The van der Waals surface area contributed by atoms with Crippen molar-refractivity contribution in [3.8, 4) is 23.1 Å². The lowest BCUT2D eigenvalue weighted by Crippen LogP contribution is -2.51.